The van der Waals surface area contributed by atoms with Crippen molar-refractivity contribution in [1.82, 2.24) is 4.90 Å². The van der Waals surface area contributed by atoms with Crippen LogP contribution in [0.5, 0.6) is 5.75 Å². The molecule has 1 saturated heterocycles. The fourth-order valence-electron chi connectivity index (χ4n) is 4.26. The van der Waals surface area contributed by atoms with Gasteiger partial charge in [-0.05, 0) is 61.6 Å². The number of anilines is 2. The molecule has 1 fully saturated rings. The minimum absolute atomic E-state index is 0.117. The highest BCUT2D eigenvalue weighted by atomic mass is 16.5. The Balaban J connectivity index is 1.29. The van der Waals surface area contributed by atoms with Crippen LogP contribution in [0.25, 0.3) is 0 Å². The molecular formula is C27H39N3O2. The van der Waals surface area contributed by atoms with E-state index in [1.54, 1.807) is 7.11 Å². The maximum absolute atomic E-state index is 12.2. The predicted octanol–water partition coefficient (Wildman–Crippen LogP) is 5.53. The molecule has 5 nitrogen and oxygen atoms in total. The molecular weight excluding hydrogens is 398 g/mol. The minimum Gasteiger partial charge on any atom is -0.495 e. The molecule has 0 aliphatic carbocycles. The zero-order valence-corrected chi connectivity index (χ0v) is 20.0. The van der Waals surface area contributed by atoms with E-state index < -0.39 is 0 Å². The number of rotatable bonds is 11. The molecule has 1 heterocycles. The number of nitrogens with one attached hydrogen (secondary N) is 1. The summed E-state index contributed by atoms with van der Waals surface area (Å²) in [6.07, 6.45) is 4.90. The third kappa shape index (κ3) is 6.99. The zero-order valence-electron chi connectivity index (χ0n) is 20.0. The van der Waals surface area contributed by atoms with Crippen LogP contribution in [0.4, 0.5) is 11.4 Å². The lowest BCUT2D eigenvalue weighted by atomic mass is 9.99. The van der Waals surface area contributed by atoms with Crippen LogP contribution in [0, 0.1) is 0 Å². The quantitative estimate of drug-likeness (QED) is 0.470. The minimum atomic E-state index is 0.117. The van der Waals surface area contributed by atoms with Crippen molar-refractivity contribution < 1.29 is 9.53 Å². The number of carbonyl (C=O) groups is 1. The highest BCUT2D eigenvalue weighted by Gasteiger charge is 2.19. The van der Waals surface area contributed by atoms with Gasteiger partial charge in [0.15, 0.2) is 0 Å². The van der Waals surface area contributed by atoms with Crippen molar-refractivity contribution in [2.75, 3.05) is 50.1 Å². The van der Waals surface area contributed by atoms with Gasteiger partial charge in [-0.25, -0.2) is 0 Å². The van der Waals surface area contributed by atoms with Crippen LogP contribution in [0.2, 0.25) is 0 Å². The summed E-state index contributed by atoms with van der Waals surface area (Å²) in [4.78, 5) is 17.2. The summed E-state index contributed by atoms with van der Waals surface area (Å²) in [5.74, 6) is 1.63. The molecule has 0 radical (unpaired) electrons. The van der Waals surface area contributed by atoms with Crippen LogP contribution < -0.4 is 15.0 Å². The standard InChI is InChI=1S/C27H39N3O2/c1-4-22(2)23-13-15-24(16-14-23)28-27(31)12-6-5-9-17-29-18-20-30(21-19-29)25-10-7-8-11-26(25)32-3/h7-8,10-11,13-16,22H,4-6,9,12,17-21H2,1-3H3,(H,28,31). The van der Waals surface area contributed by atoms with E-state index in [2.05, 4.69) is 53.2 Å². The Morgan fingerprint density at radius 2 is 1.72 bits per heavy atom. The fraction of sp³-hybridized carbons (Fsp3) is 0.519. The molecule has 1 atom stereocenters. The number of hydrogen-bond acceptors (Lipinski definition) is 4. The number of ether oxygens (including phenoxy) is 1. The van der Waals surface area contributed by atoms with Crippen molar-refractivity contribution in [1.29, 1.82) is 0 Å². The number of carbonyl (C=O) groups excluding carboxylic acids is 1. The lowest BCUT2D eigenvalue weighted by Gasteiger charge is -2.36. The molecule has 2 aromatic carbocycles. The summed E-state index contributed by atoms with van der Waals surface area (Å²) in [5.41, 5.74) is 3.42. The maximum Gasteiger partial charge on any atom is 0.224 e. The lowest BCUT2D eigenvalue weighted by molar-refractivity contribution is -0.116. The van der Waals surface area contributed by atoms with Crippen LogP contribution in [0.1, 0.15) is 57.4 Å². The van der Waals surface area contributed by atoms with E-state index in [0.717, 1.165) is 69.8 Å². The molecule has 2 aromatic rings. The number of methoxy groups -OCH3 is 1. The van der Waals surface area contributed by atoms with Crippen molar-refractivity contribution in [3.63, 3.8) is 0 Å². The van der Waals surface area contributed by atoms with Crippen molar-refractivity contribution in [3.05, 3.63) is 54.1 Å². The third-order valence-electron chi connectivity index (χ3n) is 6.55. The number of unbranched alkanes of at least 4 members (excludes halogenated alkanes) is 2. The molecule has 32 heavy (non-hydrogen) atoms. The first kappa shape index (κ1) is 24.1. The average Bonchev–Trinajstić information content (AvgIpc) is 2.84. The van der Waals surface area contributed by atoms with E-state index in [1.165, 1.54) is 11.3 Å². The van der Waals surface area contributed by atoms with Gasteiger partial charge in [-0.15, -0.1) is 0 Å². The first-order chi connectivity index (χ1) is 15.6. The predicted molar refractivity (Wildman–Crippen MR) is 134 cm³/mol. The molecule has 1 unspecified atom stereocenters. The second-order valence-corrected chi connectivity index (χ2v) is 8.79. The Hall–Kier alpha value is -2.53. The van der Waals surface area contributed by atoms with Gasteiger partial charge in [0, 0.05) is 38.3 Å². The third-order valence-corrected chi connectivity index (χ3v) is 6.55. The number of benzene rings is 2. The van der Waals surface area contributed by atoms with Crippen molar-refractivity contribution >= 4 is 17.3 Å². The van der Waals surface area contributed by atoms with Gasteiger partial charge in [-0.1, -0.05) is 44.5 Å². The molecule has 174 valence electrons. The van der Waals surface area contributed by atoms with Gasteiger partial charge in [0.2, 0.25) is 5.91 Å². The van der Waals surface area contributed by atoms with E-state index in [9.17, 15) is 4.79 Å². The van der Waals surface area contributed by atoms with E-state index in [4.69, 9.17) is 4.74 Å². The topological polar surface area (TPSA) is 44.8 Å². The first-order valence-corrected chi connectivity index (χ1v) is 12.1. The second kappa shape index (κ2) is 12.5. The van der Waals surface area contributed by atoms with Crippen molar-refractivity contribution in [2.24, 2.45) is 0 Å². The number of para-hydroxylation sites is 2. The van der Waals surface area contributed by atoms with Gasteiger partial charge in [0.1, 0.15) is 5.75 Å². The van der Waals surface area contributed by atoms with Gasteiger partial charge in [-0.2, -0.15) is 0 Å². The summed E-state index contributed by atoms with van der Waals surface area (Å²) < 4.78 is 5.51. The van der Waals surface area contributed by atoms with Crippen LogP contribution >= 0.6 is 0 Å². The smallest absolute Gasteiger partial charge is 0.224 e. The van der Waals surface area contributed by atoms with Crippen molar-refractivity contribution in [3.8, 4) is 5.75 Å². The largest absolute Gasteiger partial charge is 0.495 e. The Morgan fingerprint density at radius 3 is 2.41 bits per heavy atom. The number of hydrogen-bond donors (Lipinski definition) is 1. The van der Waals surface area contributed by atoms with Crippen LogP contribution in [-0.2, 0) is 4.79 Å². The molecule has 0 aromatic heterocycles. The Kier molecular flexibility index (Phi) is 9.42. The molecule has 3 rings (SSSR count). The second-order valence-electron chi connectivity index (χ2n) is 8.79. The zero-order chi connectivity index (χ0) is 22.8. The summed E-state index contributed by atoms with van der Waals surface area (Å²) in [5, 5.41) is 3.03. The molecule has 0 spiro atoms. The Labute approximate surface area is 193 Å². The highest BCUT2D eigenvalue weighted by Crippen LogP contribution is 2.28. The monoisotopic (exact) mass is 437 g/mol. The lowest BCUT2D eigenvalue weighted by Crippen LogP contribution is -2.46. The van der Waals surface area contributed by atoms with E-state index in [-0.39, 0.29) is 5.91 Å². The Morgan fingerprint density at radius 1 is 1.00 bits per heavy atom. The molecule has 1 aliphatic rings. The normalized spacial score (nSPS) is 15.4. The average molecular weight is 438 g/mol. The SMILES string of the molecule is CCC(C)c1ccc(NC(=O)CCCCCN2CCN(c3ccccc3OC)CC2)cc1. The van der Waals surface area contributed by atoms with Gasteiger partial charge < -0.3 is 15.0 Å². The number of amides is 1. The number of piperazine rings is 1. The Bertz CT molecular complexity index is 829. The van der Waals surface area contributed by atoms with Gasteiger partial charge in [-0.3, -0.25) is 9.69 Å². The van der Waals surface area contributed by atoms with Gasteiger partial charge in [0.05, 0.1) is 12.8 Å². The molecule has 0 saturated carbocycles. The number of nitrogens with zero attached hydrogens (tertiary/aromatic N) is 2. The summed E-state index contributed by atoms with van der Waals surface area (Å²) in [6.45, 7) is 9.74. The highest BCUT2D eigenvalue weighted by molar-refractivity contribution is 5.90. The molecule has 1 aliphatic heterocycles. The molecule has 1 N–H and O–H groups in total. The van der Waals surface area contributed by atoms with Crippen LogP contribution in [-0.4, -0.2) is 50.6 Å². The van der Waals surface area contributed by atoms with Crippen LogP contribution in [0.15, 0.2) is 48.5 Å². The van der Waals surface area contributed by atoms with E-state index in [1.807, 2.05) is 24.3 Å². The van der Waals surface area contributed by atoms with Crippen molar-refractivity contribution in [2.45, 2.75) is 51.9 Å². The summed E-state index contributed by atoms with van der Waals surface area (Å²) >= 11 is 0. The maximum atomic E-state index is 12.2. The molecule has 5 heteroatoms. The molecule has 0 bridgehead atoms. The van der Waals surface area contributed by atoms with E-state index in [0.29, 0.717) is 12.3 Å². The first-order valence-electron chi connectivity index (χ1n) is 12.1. The van der Waals surface area contributed by atoms with Gasteiger partial charge >= 0.3 is 0 Å². The summed E-state index contributed by atoms with van der Waals surface area (Å²) in [7, 11) is 1.74. The van der Waals surface area contributed by atoms with Crippen LogP contribution in [0.3, 0.4) is 0 Å². The van der Waals surface area contributed by atoms with E-state index >= 15 is 0 Å². The van der Waals surface area contributed by atoms with Gasteiger partial charge in [0.25, 0.3) is 0 Å². The summed E-state index contributed by atoms with van der Waals surface area (Å²) in [6, 6.07) is 16.5. The molecule has 1 amide bonds. The fourth-order valence-corrected chi connectivity index (χ4v) is 4.26.